The molecule has 124 valence electrons. The number of halogens is 4. The summed E-state index contributed by atoms with van der Waals surface area (Å²) in [6.07, 6.45) is 4.38. The van der Waals surface area contributed by atoms with Gasteiger partial charge in [0.05, 0.1) is 5.02 Å². The minimum Gasteiger partial charge on any atom is -0.314 e. The first-order chi connectivity index (χ1) is 10.2. The molecule has 22 heavy (non-hydrogen) atoms. The van der Waals surface area contributed by atoms with E-state index in [4.69, 9.17) is 11.6 Å². The second-order valence-corrected chi connectivity index (χ2v) is 6.44. The SMILES string of the molecule is Cl.Fc1ccc(Cl)c(F)c1[C@H](C1CCCC1)N1CCNCC1. The second-order valence-electron chi connectivity index (χ2n) is 6.03. The topological polar surface area (TPSA) is 15.3 Å². The van der Waals surface area contributed by atoms with Crippen LogP contribution in [-0.4, -0.2) is 31.1 Å². The molecule has 1 N–H and O–H groups in total. The van der Waals surface area contributed by atoms with Gasteiger partial charge in [0.2, 0.25) is 0 Å². The molecule has 0 aromatic heterocycles. The van der Waals surface area contributed by atoms with Crippen LogP contribution in [0.3, 0.4) is 0 Å². The summed E-state index contributed by atoms with van der Waals surface area (Å²) in [5, 5.41) is 3.32. The van der Waals surface area contributed by atoms with Crippen molar-refractivity contribution in [2.75, 3.05) is 26.2 Å². The van der Waals surface area contributed by atoms with Gasteiger partial charge in [-0.2, -0.15) is 0 Å². The number of nitrogens with one attached hydrogen (secondary N) is 1. The number of hydrogen-bond donors (Lipinski definition) is 1. The van der Waals surface area contributed by atoms with Gasteiger partial charge >= 0.3 is 0 Å². The average molecular weight is 351 g/mol. The Balaban J connectivity index is 0.00000176. The number of rotatable bonds is 3. The van der Waals surface area contributed by atoms with Crippen molar-refractivity contribution < 1.29 is 8.78 Å². The fourth-order valence-electron chi connectivity index (χ4n) is 3.76. The molecule has 2 aliphatic rings. The highest BCUT2D eigenvalue weighted by Gasteiger charge is 2.35. The third-order valence-corrected chi connectivity index (χ3v) is 5.06. The number of benzene rings is 1. The van der Waals surface area contributed by atoms with Crippen LogP contribution >= 0.6 is 24.0 Å². The molecule has 1 saturated heterocycles. The average Bonchev–Trinajstić information content (AvgIpc) is 3.02. The lowest BCUT2D eigenvalue weighted by molar-refractivity contribution is 0.119. The lowest BCUT2D eigenvalue weighted by Crippen LogP contribution is -2.47. The molecule has 0 spiro atoms. The zero-order chi connectivity index (χ0) is 14.8. The van der Waals surface area contributed by atoms with Crippen molar-refractivity contribution in [2.24, 2.45) is 5.92 Å². The molecule has 1 aliphatic carbocycles. The monoisotopic (exact) mass is 350 g/mol. The number of piperazine rings is 1. The Hall–Kier alpha value is -0.420. The molecule has 0 bridgehead atoms. The normalized spacial score (nSPS) is 21.6. The molecule has 2 fully saturated rings. The highest BCUT2D eigenvalue weighted by Crippen LogP contribution is 2.42. The molecule has 1 aromatic carbocycles. The summed E-state index contributed by atoms with van der Waals surface area (Å²) >= 11 is 5.90. The summed E-state index contributed by atoms with van der Waals surface area (Å²) in [5.74, 6) is -0.718. The van der Waals surface area contributed by atoms with Crippen molar-refractivity contribution in [3.05, 3.63) is 34.4 Å². The molecule has 1 saturated carbocycles. The molecule has 2 nitrogen and oxygen atoms in total. The highest BCUT2D eigenvalue weighted by molar-refractivity contribution is 6.30. The lowest BCUT2D eigenvalue weighted by atomic mass is 9.89. The van der Waals surface area contributed by atoms with E-state index in [-0.39, 0.29) is 29.0 Å². The molecular formula is C16H22Cl2F2N2. The molecule has 1 heterocycles. The standard InChI is InChI=1S/C16H21ClF2N2.ClH/c17-12-5-6-13(18)14(15(12)19)16(11-3-1-2-4-11)21-9-7-20-8-10-21;/h5-6,11,16,20H,1-4,7-10H2;1H/t16-;/m0./s1. The summed E-state index contributed by atoms with van der Waals surface area (Å²) < 4.78 is 28.9. The predicted octanol–water partition coefficient (Wildman–Crippen LogP) is 4.18. The Morgan fingerprint density at radius 3 is 2.41 bits per heavy atom. The smallest absolute Gasteiger partial charge is 0.149 e. The Morgan fingerprint density at radius 1 is 1.14 bits per heavy atom. The van der Waals surface area contributed by atoms with Gasteiger partial charge in [0.1, 0.15) is 11.6 Å². The quantitative estimate of drug-likeness (QED) is 0.822. The Bertz CT molecular complexity index is 501. The van der Waals surface area contributed by atoms with Crippen LogP contribution in [0.25, 0.3) is 0 Å². The Kier molecular flexibility index (Phi) is 6.45. The van der Waals surface area contributed by atoms with Crippen LogP contribution in [0.4, 0.5) is 8.78 Å². The van der Waals surface area contributed by atoms with E-state index < -0.39 is 11.6 Å². The minimum atomic E-state index is -0.577. The van der Waals surface area contributed by atoms with Gasteiger partial charge < -0.3 is 5.32 Å². The van der Waals surface area contributed by atoms with E-state index in [0.717, 1.165) is 51.9 Å². The molecule has 0 amide bonds. The van der Waals surface area contributed by atoms with Crippen molar-refractivity contribution >= 4 is 24.0 Å². The highest BCUT2D eigenvalue weighted by atomic mass is 35.5. The summed E-state index contributed by atoms with van der Waals surface area (Å²) in [6, 6.07) is 2.41. The van der Waals surface area contributed by atoms with E-state index in [0.29, 0.717) is 5.92 Å². The third kappa shape index (κ3) is 3.56. The second kappa shape index (κ2) is 7.91. The first-order valence-electron chi connectivity index (χ1n) is 7.76. The van der Waals surface area contributed by atoms with Gasteiger partial charge in [0.25, 0.3) is 0 Å². The van der Waals surface area contributed by atoms with Gasteiger partial charge in [-0.05, 0) is 30.9 Å². The van der Waals surface area contributed by atoms with E-state index >= 15 is 0 Å². The number of nitrogens with zero attached hydrogens (tertiary/aromatic N) is 1. The maximum absolute atomic E-state index is 14.5. The van der Waals surface area contributed by atoms with Gasteiger partial charge in [-0.15, -0.1) is 12.4 Å². The van der Waals surface area contributed by atoms with Crippen LogP contribution < -0.4 is 5.32 Å². The lowest BCUT2D eigenvalue weighted by Gasteiger charge is -2.39. The van der Waals surface area contributed by atoms with Crippen LogP contribution in [0.15, 0.2) is 12.1 Å². The van der Waals surface area contributed by atoms with Gasteiger partial charge in [-0.25, -0.2) is 8.78 Å². The van der Waals surface area contributed by atoms with Crippen molar-refractivity contribution in [1.29, 1.82) is 0 Å². The van der Waals surface area contributed by atoms with Crippen molar-refractivity contribution in [3.63, 3.8) is 0 Å². The van der Waals surface area contributed by atoms with Crippen LogP contribution in [0, 0.1) is 17.6 Å². The van der Waals surface area contributed by atoms with Crippen LogP contribution in [0.1, 0.15) is 37.3 Å². The van der Waals surface area contributed by atoms with Crippen molar-refractivity contribution in [2.45, 2.75) is 31.7 Å². The van der Waals surface area contributed by atoms with Gasteiger partial charge in [-0.3, -0.25) is 4.90 Å². The molecular weight excluding hydrogens is 329 g/mol. The van der Waals surface area contributed by atoms with E-state index in [1.807, 2.05) is 0 Å². The number of hydrogen-bond acceptors (Lipinski definition) is 2. The van der Waals surface area contributed by atoms with Crippen LogP contribution in [0.5, 0.6) is 0 Å². The van der Waals surface area contributed by atoms with Crippen LogP contribution in [0.2, 0.25) is 5.02 Å². The van der Waals surface area contributed by atoms with E-state index in [1.54, 1.807) is 0 Å². The Morgan fingerprint density at radius 2 is 1.77 bits per heavy atom. The summed E-state index contributed by atoms with van der Waals surface area (Å²) in [4.78, 5) is 2.23. The Labute approximate surface area is 141 Å². The predicted molar refractivity (Wildman–Crippen MR) is 87.8 cm³/mol. The zero-order valence-electron chi connectivity index (χ0n) is 12.5. The van der Waals surface area contributed by atoms with E-state index in [2.05, 4.69) is 10.2 Å². The summed E-state index contributed by atoms with van der Waals surface area (Å²) in [5.41, 5.74) is 0.177. The van der Waals surface area contributed by atoms with E-state index in [9.17, 15) is 8.78 Å². The summed E-state index contributed by atoms with van der Waals surface area (Å²) in [7, 11) is 0. The van der Waals surface area contributed by atoms with E-state index in [1.165, 1.54) is 12.1 Å². The molecule has 0 unspecified atom stereocenters. The minimum absolute atomic E-state index is 0. The molecule has 6 heteroatoms. The largest absolute Gasteiger partial charge is 0.314 e. The maximum Gasteiger partial charge on any atom is 0.149 e. The first kappa shape index (κ1) is 17.9. The molecule has 1 aromatic rings. The third-order valence-electron chi connectivity index (χ3n) is 4.77. The van der Waals surface area contributed by atoms with Crippen LogP contribution in [-0.2, 0) is 0 Å². The molecule has 1 atom stereocenters. The molecule has 1 aliphatic heterocycles. The zero-order valence-corrected chi connectivity index (χ0v) is 14.0. The van der Waals surface area contributed by atoms with Gasteiger partial charge in [0.15, 0.2) is 0 Å². The molecule has 3 rings (SSSR count). The maximum atomic E-state index is 14.5. The van der Waals surface area contributed by atoms with Crippen molar-refractivity contribution in [1.82, 2.24) is 10.2 Å². The fraction of sp³-hybridized carbons (Fsp3) is 0.625. The van der Waals surface area contributed by atoms with Crippen molar-refractivity contribution in [3.8, 4) is 0 Å². The molecule has 0 radical (unpaired) electrons. The fourth-order valence-corrected chi connectivity index (χ4v) is 3.93. The summed E-state index contributed by atoms with van der Waals surface area (Å²) in [6.45, 7) is 3.39. The first-order valence-corrected chi connectivity index (χ1v) is 8.14. The van der Waals surface area contributed by atoms with Gasteiger partial charge in [-0.1, -0.05) is 24.4 Å². The van der Waals surface area contributed by atoms with Gasteiger partial charge in [0, 0.05) is 37.8 Å².